The SMILES string of the molecule is CCOc1cc(/C=C/C(=O)Nc2nc(N3CCCCC3)n[nH]2)ccc1OC(F)F. The van der Waals surface area contributed by atoms with E-state index in [1.165, 1.54) is 30.7 Å². The monoisotopic (exact) mass is 407 g/mol. The van der Waals surface area contributed by atoms with E-state index in [4.69, 9.17) is 4.74 Å². The maximum atomic E-state index is 12.5. The highest BCUT2D eigenvalue weighted by Crippen LogP contribution is 2.30. The van der Waals surface area contributed by atoms with Gasteiger partial charge in [-0.1, -0.05) is 6.07 Å². The number of aromatic nitrogens is 3. The first-order chi connectivity index (χ1) is 14.0. The van der Waals surface area contributed by atoms with E-state index in [-0.39, 0.29) is 24.1 Å². The fourth-order valence-electron chi connectivity index (χ4n) is 2.96. The zero-order valence-electron chi connectivity index (χ0n) is 16.0. The molecular formula is C19H23F2N5O3. The quantitative estimate of drug-likeness (QED) is 0.651. The minimum atomic E-state index is -2.95. The van der Waals surface area contributed by atoms with Crippen LogP contribution in [-0.2, 0) is 4.79 Å². The van der Waals surface area contributed by atoms with Crippen molar-refractivity contribution < 1.29 is 23.0 Å². The number of carbonyl (C=O) groups is 1. The van der Waals surface area contributed by atoms with Crippen molar-refractivity contribution in [1.29, 1.82) is 0 Å². The van der Waals surface area contributed by atoms with Gasteiger partial charge >= 0.3 is 6.61 Å². The molecule has 8 nitrogen and oxygen atoms in total. The van der Waals surface area contributed by atoms with Gasteiger partial charge in [0.25, 0.3) is 5.91 Å². The van der Waals surface area contributed by atoms with Gasteiger partial charge in [-0.25, -0.2) is 5.10 Å². The number of carbonyl (C=O) groups excluding carboxylic acids is 1. The molecular weight excluding hydrogens is 384 g/mol. The van der Waals surface area contributed by atoms with Crippen LogP contribution >= 0.6 is 0 Å². The summed E-state index contributed by atoms with van der Waals surface area (Å²) >= 11 is 0. The molecule has 1 aliphatic heterocycles. The second-order valence-corrected chi connectivity index (χ2v) is 6.37. The summed E-state index contributed by atoms with van der Waals surface area (Å²) < 4.78 is 34.7. The number of nitrogens with zero attached hydrogens (tertiary/aromatic N) is 3. The van der Waals surface area contributed by atoms with Gasteiger partial charge in [0.2, 0.25) is 11.9 Å². The summed E-state index contributed by atoms with van der Waals surface area (Å²) in [7, 11) is 0. The third-order valence-corrected chi connectivity index (χ3v) is 4.26. The van der Waals surface area contributed by atoms with E-state index in [9.17, 15) is 13.6 Å². The van der Waals surface area contributed by atoms with Crippen LogP contribution in [-0.4, -0.2) is 47.4 Å². The predicted octanol–water partition coefficient (Wildman–Crippen LogP) is 3.45. The van der Waals surface area contributed by atoms with Gasteiger partial charge in [-0.3, -0.25) is 10.1 Å². The molecule has 10 heteroatoms. The summed E-state index contributed by atoms with van der Waals surface area (Å²) in [5.74, 6) is 0.542. The van der Waals surface area contributed by atoms with E-state index >= 15 is 0 Å². The Hall–Kier alpha value is -3.17. The van der Waals surface area contributed by atoms with Crippen LogP contribution in [0.2, 0.25) is 0 Å². The standard InChI is InChI=1S/C19H23F2N5O3/c1-2-28-15-12-13(6-8-14(15)29-17(20)21)7-9-16(27)22-18-23-19(25-24-18)26-10-4-3-5-11-26/h6-9,12,17H,2-5,10-11H2,1H3,(H2,22,23,24,25,27)/b9-7+. The number of rotatable bonds is 8. The number of alkyl halides is 2. The number of H-pyrrole nitrogens is 1. The van der Waals surface area contributed by atoms with Crippen molar-refractivity contribution >= 4 is 23.9 Å². The fraction of sp³-hybridized carbons (Fsp3) is 0.421. The van der Waals surface area contributed by atoms with Crippen LogP contribution in [0.1, 0.15) is 31.7 Å². The number of anilines is 2. The highest BCUT2D eigenvalue weighted by molar-refractivity contribution is 6.01. The van der Waals surface area contributed by atoms with Crippen LogP contribution < -0.4 is 19.7 Å². The van der Waals surface area contributed by atoms with Crippen LogP contribution in [0.25, 0.3) is 6.08 Å². The fourth-order valence-corrected chi connectivity index (χ4v) is 2.96. The maximum absolute atomic E-state index is 12.5. The number of hydrogen-bond donors (Lipinski definition) is 2. The van der Waals surface area contributed by atoms with E-state index in [1.807, 2.05) is 0 Å². The van der Waals surface area contributed by atoms with Gasteiger partial charge in [-0.2, -0.15) is 13.8 Å². The largest absolute Gasteiger partial charge is 0.490 e. The van der Waals surface area contributed by atoms with Crippen LogP contribution in [0.3, 0.4) is 0 Å². The van der Waals surface area contributed by atoms with Crippen molar-refractivity contribution in [1.82, 2.24) is 15.2 Å². The number of piperidine rings is 1. The summed E-state index contributed by atoms with van der Waals surface area (Å²) in [4.78, 5) is 18.5. The lowest BCUT2D eigenvalue weighted by molar-refractivity contribution is -0.111. The van der Waals surface area contributed by atoms with Crippen molar-refractivity contribution in [2.45, 2.75) is 32.8 Å². The molecule has 1 fully saturated rings. The molecule has 1 aliphatic rings. The van der Waals surface area contributed by atoms with Crippen LogP contribution in [0.5, 0.6) is 11.5 Å². The van der Waals surface area contributed by atoms with Crippen molar-refractivity contribution in [2.24, 2.45) is 0 Å². The summed E-state index contributed by atoms with van der Waals surface area (Å²) in [6, 6.07) is 4.44. The van der Waals surface area contributed by atoms with Crippen LogP contribution in [0, 0.1) is 0 Å². The smallest absolute Gasteiger partial charge is 0.387 e. The molecule has 29 heavy (non-hydrogen) atoms. The molecule has 3 rings (SSSR count). The maximum Gasteiger partial charge on any atom is 0.387 e. The van der Waals surface area contributed by atoms with E-state index in [1.54, 1.807) is 13.0 Å². The zero-order chi connectivity index (χ0) is 20.6. The molecule has 1 aromatic carbocycles. The Bertz CT molecular complexity index is 850. The van der Waals surface area contributed by atoms with Gasteiger partial charge in [-0.15, -0.1) is 5.10 Å². The molecule has 2 aromatic rings. The number of nitrogens with one attached hydrogen (secondary N) is 2. The van der Waals surface area contributed by atoms with E-state index < -0.39 is 12.5 Å². The van der Waals surface area contributed by atoms with Crippen molar-refractivity contribution in [3.8, 4) is 11.5 Å². The minimum Gasteiger partial charge on any atom is -0.490 e. The Morgan fingerprint density at radius 3 is 2.83 bits per heavy atom. The molecule has 156 valence electrons. The highest BCUT2D eigenvalue weighted by atomic mass is 19.3. The molecule has 0 radical (unpaired) electrons. The normalized spacial score (nSPS) is 14.4. The molecule has 1 saturated heterocycles. The summed E-state index contributed by atoms with van der Waals surface area (Å²) in [6.07, 6.45) is 6.25. The molecule has 2 N–H and O–H groups in total. The van der Waals surface area contributed by atoms with E-state index in [2.05, 4.69) is 30.1 Å². The summed E-state index contributed by atoms with van der Waals surface area (Å²) in [6.45, 7) is 0.880. The number of aromatic amines is 1. The lowest BCUT2D eigenvalue weighted by atomic mass is 10.1. The number of ether oxygens (including phenoxy) is 2. The molecule has 1 aromatic heterocycles. The van der Waals surface area contributed by atoms with Gasteiger partial charge in [0.15, 0.2) is 11.5 Å². The van der Waals surface area contributed by atoms with Gasteiger partial charge in [0.1, 0.15) is 0 Å². The first-order valence-electron chi connectivity index (χ1n) is 9.43. The number of halogens is 2. The lowest BCUT2D eigenvalue weighted by Crippen LogP contribution is -2.30. The Morgan fingerprint density at radius 2 is 2.10 bits per heavy atom. The van der Waals surface area contributed by atoms with Crippen LogP contribution in [0.4, 0.5) is 20.7 Å². The van der Waals surface area contributed by atoms with Crippen molar-refractivity contribution in [3.05, 3.63) is 29.8 Å². The molecule has 0 spiro atoms. The van der Waals surface area contributed by atoms with Gasteiger partial charge in [0, 0.05) is 19.2 Å². The van der Waals surface area contributed by atoms with Gasteiger partial charge in [0.05, 0.1) is 6.61 Å². The Kier molecular flexibility index (Phi) is 6.99. The Morgan fingerprint density at radius 1 is 1.31 bits per heavy atom. The molecule has 2 heterocycles. The summed E-state index contributed by atoms with van der Waals surface area (Å²) in [5.41, 5.74) is 0.594. The Balaban J connectivity index is 1.61. The lowest BCUT2D eigenvalue weighted by Gasteiger charge is -2.24. The molecule has 0 saturated carbocycles. The number of benzene rings is 1. The van der Waals surface area contributed by atoms with Gasteiger partial charge in [-0.05, 0) is 50.0 Å². The second kappa shape index (κ2) is 9.85. The molecule has 0 bridgehead atoms. The number of amides is 1. The first-order valence-corrected chi connectivity index (χ1v) is 9.43. The predicted molar refractivity (Wildman–Crippen MR) is 104 cm³/mol. The molecule has 0 aliphatic carbocycles. The number of hydrogen-bond acceptors (Lipinski definition) is 6. The second-order valence-electron chi connectivity index (χ2n) is 6.37. The van der Waals surface area contributed by atoms with Gasteiger partial charge < -0.3 is 14.4 Å². The van der Waals surface area contributed by atoms with Crippen molar-refractivity contribution in [3.63, 3.8) is 0 Å². The minimum absolute atomic E-state index is 0.0599. The van der Waals surface area contributed by atoms with E-state index in [0.29, 0.717) is 11.5 Å². The molecule has 0 atom stereocenters. The highest BCUT2D eigenvalue weighted by Gasteiger charge is 2.16. The van der Waals surface area contributed by atoms with E-state index in [0.717, 1.165) is 25.9 Å². The molecule has 0 unspecified atom stereocenters. The third-order valence-electron chi connectivity index (χ3n) is 4.26. The van der Waals surface area contributed by atoms with Crippen LogP contribution in [0.15, 0.2) is 24.3 Å². The third kappa shape index (κ3) is 5.90. The van der Waals surface area contributed by atoms with Crippen molar-refractivity contribution in [2.75, 3.05) is 29.9 Å². The average molecular weight is 407 g/mol. The first kappa shape index (κ1) is 20.6. The zero-order valence-corrected chi connectivity index (χ0v) is 16.0. The average Bonchev–Trinajstić information content (AvgIpc) is 3.17. The summed E-state index contributed by atoms with van der Waals surface area (Å²) in [5, 5.41) is 9.46. The molecule has 1 amide bonds. The topological polar surface area (TPSA) is 92.4 Å². The Labute approximate surface area is 166 Å².